The van der Waals surface area contributed by atoms with Gasteiger partial charge in [-0.1, -0.05) is 59.6 Å². The molecule has 5 nitrogen and oxygen atoms in total. The summed E-state index contributed by atoms with van der Waals surface area (Å²) in [6, 6.07) is 22.8. The first-order chi connectivity index (χ1) is 14.9. The molecule has 1 amide bonds. The Balaban J connectivity index is 1.67. The minimum Gasteiger partial charge on any atom is -0.355 e. The van der Waals surface area contributed by atoms with Crippen molar-refractivity contribution in [1.29, 1.82) is 0 Å². The van der Waals surface area contributed by atoms with Gasteiger partial charge in [-0.25, -0.2) is 8.42 Å². The molecule has 0 aliphatic carbocycles. The van der Waals surface area contributed by atoms with Crippen molar-refractivity contribution in [1.82, 2.24) is 5.32 Å². The van der Waals surface area contributed by atoms with Gasteiger partial charge in [-0.05, 0) is 61.7 Å². The van der Waals surface area contributed by atoms with Crippen LogP contribution in [0.5, 0.6) is 0 Å². The second-order valence-electron chi connectivity index (χ2n) is 7.24. The van der Waals surface area contributed by atoms with Gasteiger partial charge in [0.05, 0.1) is 10.6 Å². The van der Waals surface area contributed by atoms with Crippen LogP contribution < -0.4 is 9.62 Å². The van der Waals surface area contributed by atoms with E-state index >= 15 is 0 Å². The predicted octanol–water partition coefficient (Wildman–Crippen LogP) is 4.59. The highest BCUT2D eigenvalue weighted by Gasteiger charge is 2.26. The van der Waals surface area contributed by atoms with Gasteiger partial charge in [-0.3, -0.25) is 9.10 Å². The summed E-state index contributed by atoms with van der Waals surface area (Å²) in [6.45, 7) is 2.09. The lowest BCUT2D eigenvalue weighted by molar-refractivity contribution is -0.119. The molecule has 3 aromatic carbocycles. The smallest absolute Gasteiger partial charge is 0.264 e. The van der Waals surface area contributed by atoms with Gasteiger partial charge in [0.1, 0.15) is 6.54 Å². The third kappa shape index (κ3) is 6.32. The topological polar surface area (TPSA) is 66.5 Å². The zero-order valence-corrected chi connectivity index (χ0v) is 18.9. The Bertz CT molecular complexity index is 1100. The van der Waals surface area contributed by atoms with E-state index in [1.54, 1.807) is 30.3 Å². The molecule has 0 spiro atoms. The SMILES string of the molecule is Cc1ccc(N(CC(=O)NCCCc2ccc(Cl)cc2)S(=O)(=O)c2ccccc2)cc1. The number of nitrogens with zero attached hydrogens (tertiary/aromatic N) is 1. The number of nitrogens with one attached hydrogen (secondary N) is 1. The highest BCUT2D eigenvalue weighted by Crippen LogP contribution is 2.23. The number of carbonyl (C=O) groups is 1. The molecule has 3 aromatic rings. The number of halogens is 1. The van der Waals surface area contributed by atoms with Crippen molar-refractivity contribution in [3.63, 3.8) is 0 Å². The fourth-order valence-corrected chi connectivity index (χ4v) is 4.67. The van der Waals surface area contributed by atoms with E-state index in [2.05, 4.69) is 5.32 Å². The van der Waals surface area contributed by atoms with Gasteiger partial charge in [0.15, 0.2) is 0 Å². The van der Waals surface area contributed by atoms with Crippen LogP contribution in [0.3, 0.4) is 0 Å². The summed E-state index contributed by atoms with van der Waals surface area (Å²) in [5.41, 5.74) is 2.59. The van der Waals surface area contributed by atoms with Crippen molar-refractivity contribution in [2.75, 3.05) is 17.4 Å². The minimum atomic E-state index is -3.88. The number of carbonyl (C=O) groups excluding carboxylic acids is 1. The molecule has 0 atom stereocenters. The molecule has 0 heterocycles. The fraction of sp³-hybridized carbons (Fsp3) is 0.208. The maximum absolute atomic E-state index is 13.2. The van der Waals surface area contributed by atoms with E-state index in [1.165, 1.54) is 12.1 Å². The van der Waals surface area contributed by atoms with E-state index in [4.69, 9.17) is 11.6 Å². The maximum Gasteiger partial charge on any atom is 0.264 e. The van der Waals surface area contributed by atoms with Crippen LogP contribution in [0.2, 0.25) is 5.02 Å². The van der Waals surface area contributed by atoms with E-state index < -0.39 is 10.0 Å². The summed E-state index contributed by atoms with van der Waals surface area (Å²) in [5.74, 6) is -0.351. The first kappa shape index (κ1) is 22.8. The van der Waals surface area contributed by atoms with Crippen molar-refractivity contribution in [2.45, 2.75) is 24.7 Å². The van der Waals surface area contributed by atoms with Gasteiger partial charge in [0.25, 0.3) is 10.0 Å². The third-order valence-electron chi connectivity index (χ3n) is 4.82. The first-order valence-electron chi connectivity index (χ1n) is 10.0. The zero-order valence-electron chi connectivity index (χ0n) is 17.3. The van der Waals surface area contributed by atoms with Crippen LogP contribution in [0.4, 0.5) is 5.69 Å². The second-order valence-corrected chi connectivity index (χ2v) is 9.54. The van der Waals surface area contributed by atoms with Crippen molar-refractivity contribution < 1.29 is 13.2 Å². The normalized spacial score (nSPS) is 11.2. The Labute approximate surface area is 188 Å². The molecule has 1 N–H and O–H groups in total. The van der Waals surface area contributed by atoms with Crippen LogP contribution in [0.25, 0.3) is 0 Å². The van der Waals surface area contributed by atoms with Gasteiger partial charge in [-0.15, -0.1) is 0 Å². The number of sulfonamides is 1. The molecule has 0 saturated heterocycles. The molecule has 31 heavy (non-hydrogen) atoms. The van der Waals surface area contributed by atoms with E-state index in [0.717, 1.165) is 28.3 Å². The van der Waals surface area contributed by atoms with Crippen molar-refractivity contribution in [2.24, 2.45) is 0 Å². The number of aryl methyl sites for hydroxylation is 2. The summed E-state index contributed by atoms with van der Waals surface area (Å²) >= 11 is 5.89. The number of benzene rings is 3. The molecule has 0 fully saturated rings. The van der Waals surface area contributed by atoms with Crippen molar-refractivity contribution in [3.8, 4) is 0 Å². The molecule has 0 saturated carbocycles. The highest BCUT2D eigenvalue weighted by molar-refractivity contribution is 7.92. The summed E-state index contributed by atoms with van der Waals surface area (Å²) in [7, 11) is -3.88. The van der Waals surface area contributed by atoms with E-state index in [-0.39, 0.29) is 17.3 Å². The lowest BCUT2D eigenvalue weighted by atomic mass is 10.1. The standard InChI is InChI=1S/C24H25ClN2O3S/c1-19-9-15-22(16-10-19)27(31(29,30)23-7-3-2-4-8-23)18-24(28)26-17-5-6-20-11-13-21(25)14-12-20/h2-4,7-16H,5-6,17-18H2,1H3,(H,26,28). The van der Waals surface area contributed by atoms with Crippen LogP contribution >= 0.6 is 11.6 Å². The average molecular weight is 457 g/mol. The van der Waals surface area contributed by atoms with Crippen LogP contribution in [0.15, 0.2) is 83.8 Å². The van der Waals surface area contributed by atoms with E-state index in [9.17, 15) is 13.2 Å². The van der Waals surface area contributed by atoms with Crippen molar-refractivity contribution >= 4 is 33.2 Å². The third-order valence-corrected chi connectivity index (χ3v) is 6.86. The van der Waals surface area contributed by atoms with Crippen LogP contribution in [-0.2, 0) is 21.2 Å². The Kier molecular flexibility index (Phi) is 7.71. The van der Waals surface area contributed by atoms with Gasteiger partial charge in [-0.2, -0.15) is 0 Å². The number of rotatable bonds is 9. The molecular weight excluding hydrogens is 432 g/mol. The number of amides is 1. The Morgan fingerprint density at radius 1 is 0.935 bits per heavy atom. The number of anilines is 1. The largest absolute Gasteiger partial charge is 0.355 e. The minimum absolute atomic E-state index is 0.145. The molecule has 0 radical (unpaired) electrons. The fourth-order valence-electron chi connectivity index (χ4n) is 3.10. The number of hydrogen-bond donors (Lipinski definition) is 1. The molecule has 0 aliphatic heterocycles. The predicted molar refractivity (Wildman–Crippen MR) is 125 cm³/mol. The number of hydrogen-bond acceptors (Lipinski definition) is 3. The highest BCUT2D eigenvalue weighted by atomic mass is 35.5. The Hall–Kier alpha value is -2.83. The average Bonchev–Trinajstić information content (AvgIpc) is 2.77. The monoisotopic (exact) mass is 456 g/mol. The zero-order chi connectivity index (χ0) is 22.3. The van der Waals surface area contributed by atoms with Gasteiger partial charge in [0.2, 0.25) is 5.91 Å². The summed E-state index contributed by atoms with van der Waals surface area (Å²) < 4.78 is 27.6. The Morgan fingerprint density at radius 3 is 2.23 bits per heavy atom. The van der Waals surface area contributed by atoms with E-state index in [1.807, 2.05) is 43.3 Å². The van der Waals surface area contributed by atoms with Gasteiger partial charge < -0.3 is 5.32 Å². The summed E-state index contributed by atoms with van der Waals surface area (Å²) in [5, 5.41) is 3.52. The van der Waals surface area contributed by atoms with Gasteiger partial charge >= 0.3 is 0 Å². The lowest BCUT2D eigenvalue weighted by Crippen LogP contribution is -2.41. The Morgan fingerprint density at radius 2 is 1.58 bits per heavy atom. The van der Waals surface area contributed by atoms with Crippen LogP contribution in [-0.4, -0.2) is 27.4 Å². The molecule has 7 heteroatoms. The summed E-state index contributed by atoms with van der Waals surface area (Å²) in [4.78, 5) is 12.7. The quantitative estimate of drug-likeness (QED) is 0.479. The van der Waals surface area contributed by atoms with Crippen LogP contribution in [0.1, 0.15) is 17.5 Å². The molecule has 162 valence electrons. The molecule has 0 aromatic heterocycles. The first-order valence-corrected chi connectivity index (χ1v) is 11.8. The van der Waals surface area contributed by atoms with Gasteiger partial charge in [0, 0.05) is 11.6 Å². The molecule has 3 rings (SSSR count). The summed E-state index contributed by atoms with van der Waals surface area (Å²) in [6.07, 6.45) is 1.53. The maximum atomic E-state index is 13.2. The molecule has 0 aliphatic rings. The second kappa shape index (κ2) is 10.5. The van der Waals surface area contributed by atoms with E-state index in [0.29, 0.717) is 17.3 Å². The molecule has 0 unspecified atom stereocenters. The molecular formula is C24H25ClN2O3S. The van der Waals surface area contributed by atoms with Crippen molar-refractivity contribution in [3.05, 3.63) is 95.0 Å². The lowest BCUT2D eigenvalue weighted by Gasteiger charge is -2.24. The molecule has 0 bridgehead atoms. The van der Waals surface area contributed by atoms with Crippen LogP contribution in [0, 0.1) is 6.92 Å².